The average molecular weight is 836 g/mol. The van der Waals surface area contributed by atoms with Gasteiger partial charge < -0.3 is 42.2 Å². The van der Waals surface area contributed by atoms with E-state index in [-0.39, 0.29) is 58.9 Å². The molecule has 4 nitrogen and oxygen atoms in total. The summed E-state index contributed by atoms with van der Waals surface area (Å²) in [7, 11) is -3.89. The van der Waals surface area contributed by atoms with Gasteiger partial charge in [0.25, 0.3) is 0 Å². The van der Waals surface area contributed by atoms with Crippen LogP contribution in [0.15, 0.2) is 133 Å². The molecule has 0 aliphatic rings. The number of hydrogen-bond donors (Lipinski definition) is 0. The standard InChI is InChI=1S/C45H54NO3Si.HI.Mg/c1-33-31-38(40(34-23-15-11-16-24-34)35-25-17-12-18-26-35)42(46-50(47-43(2,3)4,48-44(5,6)7)49-45(8,9)10)39(32-33)41(36-27-19-13-20-28-36)37-29-21-14-22-30-37;;/h11-32,40-41H,1-10H3;1H;/q-1;;+2/p-1. The first-order valence-corrected chi connectivity index (χ1v) is 19.4. The maximum absolute atomic E-state index is 7.03. The third-order valence-electron chi connectivity index (χ3n) is 8.02. The molecule has 0 aliphatic carbocycles. The predicted octanol–water partition coefficient (Wildman–Crippen LogP) is 8.86. The van der Waals surface area contributed by atoms with Gasteiger partial charge in [-0.1, -0.05) is 150 Å². The van der Waals surface area contributed by atoms with Crippen molar-refractivity contribution in [3.05, 3.63) is 177 Å². The summed E-state index contributed by atoms with van der Waals surface area (Å²) in [6, 6.07) is 47.5. The van der Waals surface area contributed by atoms with E-state index in [0.29, 0.717) is 0 Å². The molecule has 0 radical (unpaired) electrons. The zero-order chi connectivity index (χ0) is 36.2. The average Bonchev–Trinajstić information content (AvgIpc) is 3.02. The van der Waals surface area contributed by atoms with Crippen LogP contribution in [0.5, 0.6) is 0 Å². The van der Waals surface area contributed by atoms with E-state index < -0.39 is 25.8 Å². The fourth-order valence-electron chi connectivity index (χ4n) is 6.52. The first kappa shape index (κ1) is 43.9. The van der Waals surface area contributed by atoms with Gasteiger partial charge in [-0.25, -0.2) is 0 Å². The second kappa shape index (κ2) is 18.2. The number of nitrogens with zero attached hydrogens (tertiary/aromatic N) is 1. The van der Waals surface area contributed by atoms with Crippen molar-refractivity contribution in [3.8, 4) is 0 Å². The molecular formula is C45H54IMgNO3Si. The molecule has 0 fully saturated rings. The summed E-state index contributed by atoms with van der Waals surface area (Å²) in [6.07, 6.45) is 0. The van der Waals surface area contributed by atoms with E-state index in [1.165, 1.54) is 22.3 Å². The normalized spacial score (nSPS) is 12.3. The minimum Gasteiger partial charge on any atom is -1.00 e. The maximum Gasteiger partial charge on any atom is 2.00 e. The van der Waals surface area contributed by atoms with Crippen LogP contribution in [0.2, 0.25) is 0 Å². The SMILES string of the molecule is Cc1cc(C(c2ccccc2)c2ccccc2)c([N-][Si](OC(C)(C)C)(OC(C)(C)C)OC(C)(C)C)c(C(c2ccccc2)c2ccccc2)c1.[I-].[Mg+2]. The molecule has 5 aromatic rings. The fourth-order valence-corrected chi connectivity index (χ4v) is 9.63. The third-order valence-corrected chi connectivity index (χ3v) is 11.1. The summed E-state index contributed by atoms with van der Waals surface area (Å²) in [5.74, 6) is -0.236. The van der Waals surface area contributed by atoms with Gasteiger partial charge >= 0.3 is 32.0 Å². The van der Waals surface area contributed by atoms with Crippen LogP contribution in [-0.2, 0) is 13.3 Å². The minimum atomic E-state index is -3.89. The Kier molecular flexibility index (Phi) is 15.4. The Balaban J connectivity index is 0.00000364. The van der Waals surface area contributed by atoms with Crippen LogP contribution in [0.3, 0.4) is 0 Å². The van der Waals surface area contributed by atoms with E-state index in [4.69, 9.17) is 18.3 Å². The largest absolute Gasteiger partial charge is 2.00 e. The van der Waals surface area contributed by atoms with E-state index in [0.717, 1.165) is 22.4 Å². The molecular weight excluding hydrogens is 782 g/mol. The number of benzene rings is 5. The molecule has 0 bridgehead atoms. The molecule has 0 amide bonds. The Bertz CT molecular complexity index is 1600. The summed E-state index contributed by atoms with van der Waals surface area (Å²) >= 11 is 0. The van der Waals surface area contributed by atoms with Gasteiger partial charge in [-0.2, -0.15) is 0 Å². The summed E-state index contributed by atoms with van der Waals surface area (Å²) in [5.41, 5.74) is 7.07. The van der Waals surface area contributed by atoms with Crippen molar-refractivity contribution < 1.29 is 37.3 Å². The van der Waals surface area contributed by atoms with Crippen molar-refractivity contribution in [2.24, 2.45) is 0 Å². The molecule has 0 aromatic heterocycles. The van der Waals surface area contributed by atoms with Crippen LogP contribution in [0.1, 0.15) is 113 Å². The Morgan fingerprint density at radius 3 is 0.942 bits per heavy atom. The summed E-state index contributed by atoms with van der Waals surface area (Å²) < 4.78 is 21.1. The van der Waals surface area contributed by atoms with Gasteiger partial charge in [-0.3, -0.25) is 0 Å². The van der Waals surface area contributed by atoms with Gasteiger partial charge in [0.2, 0.25) is 0 Å². The van der Waals surface area contributed by atoms with Crippen LogP contribution in [0, 0.1) is 6.92 Å². The van der Waals surface area contributed by atoms with Crippen LogP contribution < -0.4 is 24.0 Å². The fraction of sp³-hybridized carbons (Fsp3) is 0.333. The topological polar surface area (TPSA) is 41.8 Å². The maximum atomic E-state index is 7.03. The number of aryl methyl sites for hydroxylation is 1. The second-order valence-electron chi connectivity index (χ2n) is 16.1. The van der Waals surface area contributed by atoms with Crippen molar-refractivity contribution in [3.63, 3.8) is 0 Å². The number of hydrogen-bond acceptors (Lipinski definition) is 3. The predicted molar refractivity (Wildman–Crippen MR) is 216 cm³/mol. The van der Waals surface area contributed by atoms with Gasteiger partial charge in [0.05, 0.1) is 16.8 Å². The molecule has 0 unspecified atom stereocenters. The first-order valence-electron chi connectivity index (χ1n) is 17.7. The number of rotatable bonds is 11. The van der Waals surface area contributed by atoms with E-state index in [1.54, 1.807) is 0 Å². The van der Waals surface area contributed by atoms with Gasteiger partial charge in [-0.15, -0.1) is 5.69 Å². The molecule has 0 spiro atoms. The van der Waals surface area contributed by atoms with Gasteiger partial charge in [0.1, 0.15) is 0 Å². The molecule has 0 saturated carbocycles. The molecule has 0 atom stereocenters. The monoisotopic (exact) mass is 835 g/mol. The summed E-state index contributed by atoms with van der Waals surface area (Å²) in [5, 5.41) is 0. The molecule has 5 rings (SSSR count). The van der Waals surface area contributed by atoms with Gasteiger partial charge in [0.15, 0.2) is 0 Å². The van der Waals surface area contributed by atoms with Crippen molar-refractivity contribution >= 4 is 37.7 Å². The van der Waals surface area contributed by atoms with Gasteiger partial charge in [0, 0.05) is 11.8 Å². The second-order valence-corrected chi connectivity index (χ2v) is 18.0. The van der Waals surface area contributed by atoms with Crippen molar-refractivity contribution in [2.75, 3.05) is 0 Å². The molecule has 7 heteroatoms. The van der Waals surface area contributed by atoms with Crippen molar-refractivity contribution in [1.82, 2.24) is 0 Å². The third kappa shape index (κ3) is 12.0. The van der Waals surface area contributed by atoms with Crippen LogP contribution in [-0.4, -0.2) is 48.8 Å². The van der Waals surface area contributed by atoms with E-state index in [1.807, 2.05) is 62.3 Å². The molecule has 0 N–H and O–H groups in total. The van der Waals surface area contributed by atoms with E-state index >= 15 is 0 Å². The first-order chi connectivity index (χ1) is 23.5. The Morgan fingerprint density at radius 2 is 0.712 bits per heavy atom. The molecule has 0 heterocycles. The molecule has 270 valence electrons. The minimum absolute atomic E-state index is 0. The van der Waals surface area contributed by atoms with Crippen molar-refractivity contribution in [2.45, 2.75) is 97.9 Å². The molecule has 0 aliphatic heterocycles. The Labute approximate surface area is 347 Å². The van der Waals surface area contributed by atoms with E-state index in [2.05, 4.69) is 140 Å². The molecule has 52 heavy (non-hydrogen) atoms. The van der Waals surface area contributed by atoms with Gasteiger partial charge in [-0.05, 0) is 91.5 Å². The zero-order valence-corrected chi connectivity index (χ0v) is 37.2. The Morgan fingerprint density at radius 1 is 0.462 bits per heavy atom. The van der Waals surface area contributed by atoms with Crippen LogP contribution in [0.25, 0.3) is 4.98 Å². The summed E-state index contributed by atoms with van der Waals surface area (Å²) in [4.78, 5) is 5.80. The molecule has 5 aromatic carbocycles. The molecule has 0 saturated heterocycles. The quantitative estimate of drug-likeness (QED) is 0.0759. The zero-order valence-electron chi connectivity index (χ0n) is 32.6. The number of halogens is 1. The Hall–Kier alpha value is -2.51. The van der Waals surface area contributed by atoms with Crippen molar-refractivity contribution in [1.29, 1.82) is 0 Å². The van der Waals surface area contributed by atoms with Crippen LogP contribution >= 0.6 is 0 Å². The van der Waals surface area contributed by atoms with Crippen LogP contribution in [0.4, 0.5) is 5.69 Å². The summed E-state index contributed by atoms with van der Waals surface area (Å²) in [6.45, 7) is 20.6. The smallest absolute Gasteiger partial charge is 1.00 e. The van der Waals surface area contributed by atoms with E-state index in [9.17, 15) is 0 Å².